The average molecular weight is 249 g/mol. The summed E-state index contributed by atoms with van der Waals surface area (Å²) < 4.78 is 4.77. The second-order valence-electron chi connectivity index (χ2n) is 4.22. The molecule has 0 aliphatic heterocycles. The van der Waals surface area contributed by atoms with Gasteiger partial charge in [0.05, 0.1) is 6.61 Å². The molecule has 1 rings (SSSR count). The van der Waals surface area contributed by atoms with E-state index in [0.29, 0.717) is 6.61 Å². The van der Waals surface area contributed by atoms with Crippen LogP contribution in [-0.4, -0.2) is 25.5 Å². The van der Waals surface area contributed by atoms with E-state index in [2.05, 4.69) is 0 Å². The number of hydrogen-bond acceptors (Lipinski definition) is 3. The van der Waals surface area contributed by atoms with Crippen molar-refractivity contribution in [1.29, 1.82) is 0 Å². The molecular formula is C14H19NO3. The van der Waals surface area contributed by atoms with Gasteiger partial charge in [0, 0.05) is 12.7 Å². The zero-order chi connectivity index (χ0) is 13.7. The molecule has 0 atom stereocenters. The molecule has 0 aliphatic carbocycles. The fourth-order valence-electron chi connectivity index (χ4n) is 1.67. The van der Waals surface area contributed by atoms with E-state index in [1.165, 1.54) is 4.90 Å². The second kappa shape index (κ2) is 6.19. The summed E-state index contributed by atoms with van der Waals surface area (Å²) in [4.78, 5) is 24.7. The fourth-order valence-corrected chi connectivity index (χ4v) is 1.67. The van der Waals surface area contributed by atoms with Gasteiger partial charge in [0.2, 0.25) is 5.91 Å². The standard InChI is InChI=1S/C14H19NO3/c1-5-18-14(17)9-13(16)15(4)12-8-10(2)6-7-11(12)3/h6-8H,5,9H2,1-4H3. The van der Waals surface area contributed by atoms with Gasteiger partial charge in [0.25, 0.3) is 0 Å². The van der Waals surface area contributed by atoms with Crippen LogP contribution in [0.25, 0.3) is 0 Å². The van der Waals surface area contributed by atoms with Gasteiger partial charge in [-0.15, -0.1) is 0 Å². The van der Waals surface area contributed by atoms with E-state index < -0.39 is 5.97 Å². The summed E-state index contributed by atoms with van der Waals surface area (Å²) in [5, 5.41) is 0. The maximum absolute atomic E-state index is 11.9. The van der Waals surface area contributed by atoms with Crippen molar-refractivity contribution in [3.8, 4) is 0 Å². The number of aryl methyl sites for hydroxylation is 2. The van der Waals surface area contributed by atoms with Crippen LogP contribution in [-0.2, 0) is 14.3 Å². The zero-order valence-corrected chi connectivity index (χ0v) is 11.3. The Labute approximate surface area is 108 Å². The molecule has 0 fully saturated rings. The average Bonchev–Trinajstić information content (AvgIpc) is 2.31. The van der Waals surface area contributed by atoms with Crippen molar-refractivity contribution in [3.05, 3.63) is 29.3 Å². The number of anilines is 1. The van der Waals surface area contributed by atoms with Crippen molar-refractivity contribution in [2.24, 2.45) is 0 Å². The van der Waals surface area contributed by atoms with Crippen molar-refractivity contribution in [1.82, 2.24) is 0 Å². The largest absolute Gasteiger partial charge is 0.466 e. The lowest BCUT2D eigenvalue weighted by atomic mass is 10.1. The fraction of sp³-hybridized carbons (Fsp3) is 0.429. The maximum atomic E-state index is 11.9. The van der Waals surface area contributed by atoms with Crippen LogP contribution in [0.3, 0.4) is 0 Å². The van der Waals surface area contributed by atoms with Crippen LogP contribution >= 0.6 is 0 Å². The van der Waals surface area contributed by atoms with Crippen LogP contribution in [0, 0.1) is 13.8 Å². The molecule has 4 nitrogen and oxygen atoms in total. The highest BCUT2D eigenvalue weighted by atomic mass is 16.5. The van der Waals surface area contributed by atoms with Gasteiger partial charge >= 0.3 is 5.97 Å². The van der Waals surface area contributed by atoms with Gasteiger partial charge in [-0.05, 0) is 38.0 Å². The normalized spacial score (nSPS) is 10.0. The molecule has 1 amide bonds. The summed E-state index contributed by atoms with van der Waals surface area (Å²) >= 11 is 0. The third kappa shape index (κ3) is 3.58. The molecule has 0 aromatic heterocycles. The first-order valence-corrected chi connectivity index (χ1v) is 5.95. The van der Waals surface area contributed by atoms with Crippen molar-refractivity contribution in [2.45, 2.75) is 27.2 Å². The first-order chi connectivity index (χ1) is 8.45. The molecule has 0 spiro atoms. The zero-order valence-electron chi connectivity index (χ0n) is 11.3. The van der Waals surface area contributed by atoms with Crippen LogP contribution < -0.4 is 4.90 Å². The van der Waals surface area contributed by atoms with Crippen LogP contribution in [0.4, 0.5) is 5.69 Å². The first-order valence-electron chi connectivity index (χ1n) is 5.95. The monoisotopic (exact) mass is 249 g/mol. The number of nitrogens with zero attached hydrogens (tertiary/aromatic N) is 1. The summed E-state index contributed by atoms with van der Waals surface area (Å²) in [5.74, 6) is -0.748. The summed E-state index contributed by atoms with van der Waals surface area (Å²) in [6.07, 6.45) is -0.224. The molecule has 0 radical (unpaired) electrons. The SMILES string of the molecule is CCOC(=O)CC(=O)N(C)c1cc(C)ccc1C. The number of esters is 1. The van der Waals surface area contributed by atoms with E-state index in [0.717, 1.165) is 16.8 Å². The number of amides is 1. The Balaban J connectivity index is 2.80. The van der Waals surface area contributed by atoms with E-state index >= 15 is 0 Å². The number of benzene rings is 1. The van der Waals surface area contributed by atoms with Crippen LogP contribution in [0.2, 0.25) is 0 Å². The Morgan fingerprint density at radius 1 is 1.28 bits per heavy atom. The summed E-state index contributed by atoms with van der Waals surface area (Å²) in [6.45, 7) is 5.91. The molecule has 0 N–H and O–H groups in total. The molecule has 1 aromatic carbocycles. The maximum Gasteiger partial charge on any atom is 0.315 e. The lowest BCUT2D eigenvalue weighted by Crippen LogP contribution is -2.29. The molecule has 4 heteroatoms. The first kappa shape index (κ1) is 14.2. The molecular weight excluding hydrogens is 230 g/mol. The highest BCUT2D eigenvalue weighted by Gasteiger charge is 2.17. The smallest absolute Gasteiger partial charge is 0.315 e. The van der Waals surface area contributed by atoms with Crippen molar-refractivity contribution >= 4 is 17.6 Å². The predicted octanol–water partition coefficient (Wildman–Crippen LogP) is 2.22. The number of carbonyl (C=O) groups is 2. The van der Waals surface area contributed by atoms with E-state index in [9.17, 15) is 9.59 Å². The van der Waals surface area contributed by atoms with Gasteiger partial charge in [-0.3, -0.25) is 9.59 Å². The molecule has 98 valence electrons. The molecule has 0 bridgehead atoms. The summed E-state index contributed by atoms with van der Waals surface area (Å²) in [7, 11) is 1.67. The Kier molecular flexibility index (Phi) is 4.89. The lowest BCUT2D eigenvalue weighted by molar-refractivity contribution is -0.145. The third-order valence-electron chi connectivity index (χ3n) is 2.70. The molecule has 0 saturated heterocycles. The lowest BCUT2D eigenvalue weighted by Gasteiger charge is -2.19. The molecule has 0 aliphatic rings. The molecule has 0 heterocycles. The van der Waals surface area contributed by atoms with Gasteiger partial charge in [0.1, 0.15) is 6.42 Å². The van der Waals surface area contributed by atoms with Gasteiger partial charge in [-0.25, -0.2) is 0 Å². The summed E-state index contributed by atoms with van der Waals surface area (Å²) in [5.41, 5.74) is 2.90. The highest BCUT2D eigenvalue weighted by Crippen LogP contribution is 2.20. The predicted molar refractivity (Wildman–Crippen MR) is 70.6 cm³/mol. The van der Waals surface area contributed by atoms with Gasteiger partial charge < -0.3 is 9.64 Å². The molecule has 18 heavy (non-hydrogen) atoms. The highest BCUT2D eigenvalue weighted by molar-refractivity contribution is 6.03. The van der Waals surface area contributed by atoms with Crippen molar-refractivity contribution in [3.63, 3.8) is 0 Å². The third-order valence-corrected chi connectivity index (χ3v) is 2.70. The van der Waals surface area contributed by atoms with Crippen LogP contribution in [0.1, 0.15) is 24.5 Å². The number of rotatable bonds is 4. The Morgan fingerprint density at radius 2 is 1.94 bits per heavy atom. The van der Waals surface area contributed by atoms with Crippen molar-refractivity contribution < 1.29 is 14.3 Å². The Morgan fingerprint density at radius 3 is 2.56 bits per heavy atom. The summed E-state index contributed by atoms with van der Waals surface area (Å²) in [6, 6.07) is 5.87. The second-order valence-corrected chi connectivity index (χ2v) is 4.22. The van der Waals surface area contributed by atoms with Crippen LogP contribution in [0.15, 0.2) is 18.2 Å². The number of carbonyl (C=O) groups excluding carboxylic acids is 2. The topological polar surface area (TPSA) is 46.6 Å². The van der Waals surface area contributed by atoms with Gasteiger partial charge in [0.15, 0.2) is 0 Å². The molecule has 0 saturated carbocycles. The van der Waals surface area contributed by atoms with Gasteiger partial charge in [-0.2, -0.15) is 0 Å². The van der Waals surface area contributed by atoms with Crippen LogP contribution in [0.5, 0.6) is 0 Å². The van der Waals surface area contributed by atoms with E-state index in [1.807, 2.05) is 32.0 Å². The number of hydrogen-bond donors (Lipinski definition) is 0. The molecule has 0 unspecified atom stereocenters. The van der Waals surface area contributed by atoms with E-state index in [-0.39, 0.29) is 12.3 Å². The van der Waals surface area contributed by atoms with E-state index in [4.69, 9.17) is 4.74 Å². The minimum absolute atomic E-state index is 0.224. The molecule has 1 aromatic rings. The minimum atomic E-state index is -0.486. The van der Waals surface area contributed by atoms with Crippen molar-refractivity contribution in [2.75, 3.05) is 18.6 Å². The quantitative estimate of drug-likeness (QED) is 0.607. The minimum Gasteiger partial charge on any atom is -0.466 e. The Hall–Kier alpha value is -1.84. The number of ether oxygens (including phenoxy) is 1. The van der Waals surface area contributed by atoms with E-state index in [1.54, 1.807) is 14.0 Å². The van der Waals surface area contributed by atoms with Gasteiger partial charge in [-0.1, -0.05) is 12.1 Å². The Bertz CT molecular complexity index is 454.